The summed E-state index contributed by atoms with van der Waals surface area (Å²) in [5.74, 6) is -0.198. The summed E-state index contributed by atoms with van der Waals surface area (Å²) in [6, 6.07) is 24.9. The third kappa shape index (κ3) is 8.62. The lowest BCUT2D eigenvalue weighted by molar-refractivity contribution is 0.102. The summed E-state index contributed by atoms with van der Waals surface area (Å²) in [6.07, 6.45) is 4.08. The fourth-order valence-corrected chi connectivity index (χ4v) is 5.67. The second-order valence-electron chi connectivity index (χ2n) is 10.6. The number of nitrogens with zero attached hydrogens (tertiary/aromatic N) is 3. The number of benzene rings is 3. The second kappa shape index (κ2) is 16.3. The summed E-state index contributed by atoms with van der Waals surface area (Å²) in [5.41, 5.74) is 6.26. The number of amides is 3. The number of aromatic nitrogens is 3. The van der Waals surface area contributed by atoms with Gasteiger partial charge in [-0.05, 0) is 73.2 Å². The minimum Gasteiger partial charge on any atom is -0.443 e. The molecule has 12 nitrogen and oxygen atoms in total. The average Bonchev–Trinajstić information content (AvgIpc) is 3.46. The summed E-state index contributed by atoms with van der Waals surface area (Å²) >= 11 is 1.46. The number of thioether (sulfide) groups is 1. The number of fused-ring (bicyclic) bond motifs is 1. The molecular formula is C35H37N7O5S. The molecule has 0 spiro atoms. The van der Waals surface area contributed by atoms with E-state index in [1.165, 1.54) is 25.9 Å². The van der Waals surface area contributed by atoms with Gasteiger partial charge in [0.1, 0.15) is 18.9 Å². The van der Waals surface area contributed by atoms with Crippen LogP contribution in [0.4, 0.5) is 26.7 Å². The first kappa shape index (κ1) is 33.8. The van der Waals surface area contributed by atoms with Gasteiger partial charge in [0.2, 0.25) is 0 Å². The van der Waals surface area contributed by atoms with Crippen molar-refractivity contribution in [2.45, 2.75) is 37.8 Å². The SMILES string of the molecule is CNC(=O)OCc1nc(SC)n(CCCc2ccc(NC(=O)c3ccc(Nc4ccnc5ccccc45)cc3)cc2)c1COC(=O)NC. The molecule has 4 N–H and O–H groups in total. The van der Waals surface area contributed by atoms with Gasteiger partial charge in [0.15, 0.2) is 5.16 Å². The van der Waals surface area contributed by atoms with Crippen molar-refractivity contribution >= 4 is 57.8 Å². The van der Waals surface area contributed by atoms with Crippen molar-refractivity contribution in [3.63, 3.8) is 0 Å². The molecule has 0 bridgehead atoms. The van der Waals surface area contributed by atoms with Gasteiger partial charge in [-0.3, -0.25) is 9.78 Å². The Kier molecular flexibility index (Phi) is 11.5. The number of pyridine rings is 1. The van der Waals surface area contributed by atoms with Crippen molar-refractivity contribution in [3.8, 4) is 0 Å². The van der Waals surface area contributed by atoms with Crippen LogP contribution < -0.4 is 21.3 Å². The lowest BCUT2D eigenvalue weighted by Gasteiger charge is -2.13. The zero-order valence-corrected chi connectivity index (χ0v) is 27.7. The summed E-state index contributed by atoms with van der Waals surface area (Å²) in [7, 11) is 2.97. The number of carbonyl (C=O) groups excluding carboxylic acids is 3. The summed E-state index contributed by atoms with van der Waals surface area (Å²) in [5, 5.41) is 13.0. The molecule has 48 heavy (non-hydrogen) atoms. The lowest BCUT2D eigenvalue weighted by Crippen LogP contribution is -2.21. The molecule has 0 unspecified atom stereocenters. The van der Waals surface area contributed by atoms with Gasteiger partial charge >= 0.3 is 12.2 Å². The van der Waals surface area contributed by atoms with Crippen molar-refractivity contribution in [1.82, 2.24) is 25.2 Å². The van der Waals surface area contributed by atoms with Gasteiger partial charge in [-0.2, -0.15) is 0 Å². The molecule has 2 heterocycles. The fourth-order valence-electron chi connectivity index (χ4n) is 5.05. The van der Waals surface area contributed by atoms with E-state index in [2.05, 4.69) is 31.2 Å². The van der Waals surface area contributed by atoms with E-state index in [9.17, 15) is 14.4 Å². The van der Waals surface area contributed by atoms with Gasteiger partial charge in [0, 0.05) is 54.8 Å². The highest BCUT2D eigenvalue weighted by atomic mass is 32.2. The Morgan fingerprint density at radius 3 is 2.23 bits per heavy atom. The van der Waals surface area contributed by atoms with E-state index >= 15 is 0 Å². The summed E-state index contributed by atoms with van der Waals surface area (Å²) in [4.78, 5) is 45.4. The van der Waals surface area contributed by atoms with Crippen LogP contribution in [-0.2, 0) is 35.7 Å². The number of hydrogen-bond acceptors (Lipinski definition) is 9. The molecule has 5 rings (SSSR count). The van der Waals surface area contributed by atoms with E-state index < -0.39 is 12.2 Å². The lowest BCUT2D eigenvalue weighted by atomic mass is 10.1. The number of carbonyl (C=O) groups is 3. The minimum absolute atomic E-state index is 0.0186. The predicted molar refractivity (Wildman–Crippen MR) is 187 cm³/mol. The first-order chi connectivity index (χ1) is 23.4. The fraction of sp³-hybridized carbons (Fsp3) is 0.229. The number of alkyl carbamates (subject to hydrolysis) is 2. The van der Waals surface area contributed by atoms with Gasteiger partial charge in [-0.1, -0.05) is 42.1 Å². The Morgan fingerprint density at radius 1 is 0.833 bits per heavy atom. The molecule has 0 atom stereocenters. The van der Waals surface area contributed by atoms with Gasteiger partial charge in [-0.25, -0.2) is 14.6 Å². The van der Waals surface area contributed by atoms with Crippen LogP contribution in [0.15, 0.2) is 90.2 Å². The Balaban J connectivity index is 1.17. The Morgan fingerprint density at radius 2 is 1.52 bits per heavy atom. The molecule has 3 aromatic carbocycles. The highest BCUT2D eigenvalue weighted by molar-refractivity contribution is 7.98. The van der Waals surface area contributed by atoms with Crippen molar-refractivity contribution in [3.05, 3.63) is 108 Å². The van der Waals surface area contributed by atoms with Crippen LogP contribution in [0.25, 0.3) is 10.9 Å². The third-order valence-electron chi connectivity index (χ3n) is 7.53. The molecule has 2 aromatic heterocycles. The van der Waals surface area contributed by atoms with E-state index in [1.54, 1.807) is 18.3 Å². The molecule has 13 heteroatoms. The number of imidazole rings is 1. The Bertz CT molecular complexity index is 1870. The molecule has 5 aromatic rings. The molecule has 0 fully saturated rings. The van der Waals surface area contributed by atoms with E-state index in [0.29, 0.717) is 29.2 Å². The zero-order valence-electron chi connectivity index (χ0n) is 26.9. The van der Waals surface area contributed by atoms with E-state index in [1.807, 2.05) is 77.6 Å². The minimum atomic E-state index is -0.575. The van der Waals surface area contributed by atoms with Gasteiger partial charge in [0.25, 0.3) is 5.91 Å². The van der Waals surface area contributed by atoms with Crippen molar-refractivity contribution in [2.75, 3.05) is 31.0 Å². The van der Waals surface area contributed by atoms with E-state index in [4.69, 9.17) is 9.47 Å². The van der Waals surface area contributed by atoms with Gasteiger partial charge in [0.05, 0.1) is 11.2 Å². The maximum Gasteiger partial charge on any atom is 0.407 e. The number of anilines is 3. The molecule has 0 saturated heterocycles. The smallest absolute Gasteiger partial charge is 0.407 e. The van der Waals surface area contributed by atoms with Crippen molar-refractivity contribution in [2.24, 2.45) is 0 Å². The monoisotopic (exact) mass is 667 g/mol. The molecule has 0 aliphatic carbocycles. The maximum absolute atomic E-state index is 13.0. The van der Waals surface area contributed by atoms with E-state index in [-0.39, 0.29) is 19.1 Å². The van der Waals surface area contributed by atoms with Crippen LogP contribution in [0.2, 0.25) is 0 Å². The maximum atomic E-state index is 13.0. The topological polar surface area (TPSA) is 148 Å². The standard InChI is InChI=1S/C35H37N7O5S/c1-36-34(44)46-21-30-31(22-47-35(45)37-2)42(33(41-30)48-3)20-6-7-23-10-14-26(15-11-23)40-32(43)24-12-16-25(17-13-24)39-29-18-19-38-28-9-5-4-8-27(28)29/h4-5,8-19H,6-7,20-22H2,1-3H3,(H,36,44)(H,37,45)(H,38,39)(H,40,43). The Hall–Kier alpha value is -5.56. The first-order valence-corrected chi connectivity index (χ1v) is 16.5. The summed E-state index contributed by atoms with van der Waals surface area (Å²) in [6.45, 7) is 0.537. The second-order valence-corrected chi connectivity index (χ2v) is 11.4. The molecular weight excluding hydrogens is 630 g/mol. The summed E-state index contributed by atoms with van der Waals surface area (Å²) < 4.78 is 12.5. The number of ether oxygens (including phenoxy) is 2. The van der Waals surface area contributed by atoms with Crippen LogP contribution in [-0.4, -0.2) is 53.0 Å². The normalized spacial score (nSPS) is 10.7. The van der Waals surface area contributed by atoms with E-state index in [0.717, 1.165) is 45.8 Å². The van der Waals surface area contributed by atoms with Gasteiger partial charge < -0.3 is 35.3 Å². The number of rotatable bonds is 13. The van der Waals surface area contributed by atoms with Crippen molar-refractivity contribution < 1.29 is 23.9 Å². The molecule has 248 valence electrons. The highest BCUT2D eigenvalue weighted by Gasteiger charge is 2.19. The number of para-hydroxylation sites is 1. The molecule has 0 aliphatic rings. The molecule has 3 amide bonds. The van der Waals surface area contributed by atoms with Crippen LogP contribution in [0.1, 0.15) is 33.7 Å². The Labute approximate surface area is 282 Å². The first-order valence-electron chi connectivity index (χ1n) is 15.3. The molecule has 0 saturated carbocycles. The van der Waals surface area contributed by atoms with Crippen LogP contribution >= 0.6 is 11.8 Å². The quantitative estimate of drug-likeness (QED) is 0.103. The van der Waals surface area contributed by atoms with Crippen LogP contribution in [0, 0.1) is 0 Å². The highest BCUT2D eigenvalue weighted by Crippen LogP contribution is 2.26. The van der Waals surface area contributed by atoms with Crippen LogP contribution in [0.3, 0.4) is 0 Å². The molecule has 0 aliphatic heterocycles. The number of aryl methyl sites for hydroxylation is 1. The van der Waals surface area contributed by atoms with Crippen molar-refractivity contribution in [1.29, 1.82) is 0 Å². The number of nitrogens with one attached hydrogen (secondary N) is 4. The van der Waals surface area contributed by atoms with Crippen LogP contribution in [0.5, 0.6) is 0 Å². The van der Waals surface area contributed by atoms with Gasteiger partial charge in [-0.15, -0.1) is 0 Å². The largest absolute Gasteiger partial charge is 0.443 e. The third-order valence-corrected chi connectivity index (χ3v) is 8.20. The zero-order chi connectivity index (χ0) is 33.9. The average molecular weight is 668 g/mol. The predicted octanol–water partition coefficient (Wildman–Crippen LogP) is 6.49. The number of hydrogen-bond donors (Lipinski definition) is 4. The molecule has 0 radical (unpaired) electrons.